The van der Waals surface area contributed by atoms with Crippen molar-refractivity contribution in [1.29, 1.82) is 5.26 Å². The lowest BCUT2D eigenvalue weighted by molar-refractivity contribution is -0.117. The van der Waals surface area contributed by atoms with Gasteiger partial charge in [-0.15, -0.1) is 0 Å². The van der Waals surface area contributed by atoms with Crippen molar-refractivity contribution in [3.63, 3.8) is 0 Å². The lowest BCUT2D eigenvalue weighted by Crippen LogP contribution is -2.25. The Kier molecular flexibility index (Phi) is 7.94. The quantitative estimate of drug-likeness (QED) is 0.197. The van der Waals surface area contributed by atoms with Crippen molar-refractivity contribution in [2.45, 2.75) is 26.3 Å². The SMILES string of the molecule is Cc1cccc(NC(=O)Cn2cc(/C=C(/C#N)C(=O)NCCCc3ccccc3)c3ccccc32)c1. The maximum Gasteiger partial charge on any atom is 0.261 e. The molecule has 0 bridgehead atoms. The van der Waals surface area contributed by atoms with E-state index in [0.29, 0.717) is 12.1 Å². The fourth-order valence-corrected chi connectivity index (χ4v) is 4.14. The van der Waals surface area contributed by atoms with E-state index in [0.717, 1.165) is 35.0 Å². The Hall–Kier alpha value is -4.63. The van der Waals surface area contributed by atoms with Gasteiger partial charge in [0.15, 0.2) is 0 Å². The first-order chi connectivity index (χ1) is 17.5. The van der Waals surface area contributed by atoms with Crippen LogP contribution in [0.1, 0.15) is 23.1 Å². The molecule has 0 aliphatic heterocycles. The van der Waals surface area contributed by atoms with Gasteiger partial charge in [-0.25, -0.2) is 0 Å². The minimum atomic E-state index is -0.403. The molecule has 0 spiro atoms. The van der Waals surface area contributed by atoms with Crippen molar-refractivity contribution in [3.8, 4) is 6.07 Å². The first-order valence-electron chi connectivity index (χ1n) is 11.9. The van der Waals surface area contributed by atoms with E-state index < -0.39 is 5.91 Å². The third kappa shape index (κ3) is 6.28. The molecule has 1 heterocycles. The number of carbonyl (C=O) groups excluding carboxylic acids is 2. The van der Waals surface area contributed by atoms with Gasteiger partial charge in [-0.1, -0.05) is 60.7 Å². The van der Waals surface area contributed by atoms with Gasteiger partial charge < -0.3 is 15.2 Å². The van der Waals surface area contributed by atoms with E-state index in [1.807, 2.05) is 84.3 Å². The summed E-state index contributed by atoms with van der Waals surface area (Å²) in [5.41, 5.74) is 4.61. The van der Waals surface area contributed by atoms with E-state index in [1.165, 1.54) is 5.56 Å². The van der Waals surface area contributed by atoms with Gasteiger partial charge in [-0.2, -0.15) is 5.26 Å². The first-order valence-corrected chi connectivity index (χ1v) is 11.9. The lowest BCUT2D eigenvalue weighted by Gasteiger charge is -2.08. The normalized spacial score (nSPS) is 11.2. The van der Waals surface area contributed by atoms with Crippen LogP contribution in [0.25, 0.3) is 17.0 Å². The molecule has 1 aromatic heterocycles. The Labute approximate surface area is 210 Å². The molecule has 0 unspecified atom stereocenters. The smallest absolute Gasteiger partial charge is 0.261 e. The second-order valence-corrected chi connectivity index (χ2v) is 8.66. The predicted octanol–water partition coefficient (Wildman–Crippen LogP) is 5.24. The number of benzene rings is 3. The van der Waals surface area contributed by atoms with Crippen molar-refractivity contribution in [2.24, 2.45) is 0 Å². The molecule has 0 saturated carbocycles. The molecule has 36 heavy (non-hydrogen) atoms. The van der Waals surface area contributed by atoms with Crippen molar-refractivity contribution < 1.29 is 9.59 Å². The molecule has 180 valence electrons. The molecule has 6 nitrogen and oxygen atoms in total. The zero-order valence-corrected chi connectivity index (χ0v) is 20.2. The fourth-order valence-electron chi connectivity index (χ4n) is 4.14. The van der Waals surface area contributed by atoms with Crippen LogP contribution in [0.3, 0.4) is 0 Å². The summed E-state index contributed by atoms with van der Waals surface area (Å²) < 4.78 is 1.83. The average Bonchev–Trinajstić information content (AvgIpc) is 3.22. The molecule has 2 amide bonds. The van der Waals surface area contributed by atoms with Crippen LogP contribution in [0.4, 0.5) is 5.69 Å². The molecule has 2 N–H and O–H groups in total. The number of hydrogen-bond donors (Lipinski definition) is 2. The number of fused-ring (bicyclic) bond motifs is 1. The van der Waals surface area contributed by atoms with Gasteiger partial charge in [0.25, 0.3) is 5.91 Å². The molecular formula is C30H28N4O2. The number of carbonyl (C=O) groups is 2. The molecule has 0 radical (unpaired) electrons. The standard InChI is InChI=1S/C30H28N4O2/c1-22-9-7-13-26(17-22)33-29(35)21-34-20-25(27-14-5-6-15-28(27)34)18-24(19-31)30(36)32-16-8-12-23-10-3-2-4-11-23/h2-7,9-11,13-15,17-18,20H,8,12,16,21H2,1H3,(H,32,36)(H,33,35)/b24-18-. The van der Waals surface area contributed by atoms with Crippen LogP contribution in [0.5, 0.6) is 0 Å². The van der Waals surface area contributed by atoms with Gasteiger partial charge >= 0.3 is 0 Å². The average molecular weight is 477 g/mol. The first kappa shape index (κ1) is 24.5. The van der Waals surface area contributed by atoms with Gasteiger partial charge in [0, 0.05) is 34.9 Å². The van der Waals surface area contributed by atoms with Crippen molar-refractivity contribution >= 4 is 34.5 Å². The summed E-state index contributed by atoms with van der Waals surface area (Å²) >= 11 is 0. The van der Waals surface area contributed by atoms with Crippen LogP contribution in [0, 0.1) is 18.3 Å². The highest BCUT2D eigenvalue weighted by Gasteiger charge is 2.14. The summed E-state index contributed by atoms with van der Waals surface area (Å²) in [5, 5.41) is 16.3. The summed E-state index contributed by atoms with van der Waals surface area (Å²) in [7, 11) is 0. The number of aromatic nitrogens is 1. The summed E-state index contributed by atoms with van der Waals surface area (Å²) in [4.78, 5) is 25.4. The topological polar surface area (TPSA) is 86.9 Å². The van der Waals surface area contributed by atoms with E-state index in [1.54, 1.807) is 12.3 Å². The van der Waals surface area contributed by atoms with E-state index >= 15 is 0 Å². The summed E-state index contributed by atoms with van der Waals surface area (Å²) in [6, 6.07) is 27.4. The van der Waals surface area contributed by atoms with E-state index in [4.69, 9.17) is 0 Å². The second kappa shape index (κ2) is 11.7. The number of anilines is 1. The summed E-state index contributed by atoms with van der Waals surface area (Å²) in [6.45, 7) is 2.56. The molecule has 4 rings (SSSR count). The molecular weight excluding hydrogens is 448 g/mol. The molecule has 0 atom stereocenters. The van der Waals surface area contributed by atoms with Gasteiger partial charge in [-0.05, 0) is 55.2 Å². The number of rotatable bonds is 9. The second-order valence-electron chi connectivity index (χ2n) is 8.66. The molecule has 0 aliphatic rings. The van der Waals surface area contributed by atoms with Crippen LogP contribution in [-0.4, -0.2) is 22.9 Å². The highest BCUT2D eigenvalue weighted by molar-refractivity contribution is 6.04. The number of amides is 2. The third-order valence-corrected chi connectivity index (χ3v) is 5.87. The molecule has 4 aromatic rings. The maximum atomic E-state index is 12.7. The van der Waals surface area contributed by atoms with Gasteiger partial charge in [0.2, 0.25) is 5.91 Å². The van der Waals surface area contributed by atoms with Gasteiger partial charge in [0.05, 0.1) is 0 Å². The molecule has 6 heteroatoms. The summed E-state index contributed by atoms with van der Waals surface area (Å²) in [5.74, 6) is -0.562. The highest BCUT2D eigenvalue weighted by Crippen LogP contribution is 2.24. The number of para-hydroxylation sites is 1. The number of hydrogen-bond acceptors (Lipinski definition) is 3. The van der Waals surface area contributed by atoms with Gasteiger partial charge in [-0.3, -0.25) is 9.59 Å². The number of nitrogens with zero attached hydrogens (tertiary/aromatic N) is 2. The van der Waals surface area contributed by atoms with E-state index in [-0.39, 0.29) is 18.0 Å². The Morgan fingerprint density at radius 1 is 1.00 bits per heavy atom. The van der Waals surface area contributed by atoms with Crippen molar-refractivity contribution in [3.05, 3.63) is 107 Å². The largest absolute Gasteiger partial charge is 0.351 e. The van der Waals surface area contributed by atoms with E-state index in [9.17, 15) is 14.9 Å². The van der Waals surface area contributed by atoms with Crippen LogP contribution in [-0.2, 0) is 22.6 Å². The van der Waals surface area contributed by atoms with Crippen molar-refractivity contribution in [1.82, 2.24) is 9.88 Å². The Morgan fingerprint density at radius 3 is 2.56 bits per heavy atom. The third-order valence-electron chi connectivity index (χ3n) is 5.87. The highest BCUT2D eigenvalue weighted by atomic mass is 16.2. The molecule has 3 aromatic carbocycles. The van der Waals surface area contributed by atoms with Gasteiger partial charge in [0.1, 0.15) is 18.2 Å². The zero-order chi connectivity index (χ0) is 25.3. The Balaban J connectivity index is 1.46. The number of aryl methyl sites for hydroxylation is 2. The maximum absolute atomic E-state index is 12.7. The minimum Gasteiger partial charge on any atom is -0.351 e. The fraction of sp³-hybridized carbons (Fsp3) is 0.167. The number of nitrogens with one attached hydrogen (secondary N) is 2. The van der Waals surface area contributed by atoms with Crippen LogP contribution in [0.2, 0.25) is 0 Å². The van der Waals surface area contributed by atoms with Crippen LogP contribution in [0.15, 0.2) is 90.6 Å². The number of nitriles is 1. The molecule has 0 fully saturated rings. The predicted molar refractivity (Wildman–Crippen MR) is 143 cm³/mol. The molecule has 0 saturated heterocycles. The van der Waals surface area contributed by atoms with E-state index in [2.05, 4.69) is 22.8 Å². The van der Waals surface area contributed by atoms with Crippen molar-refractivity contribution in [2.75, 3.05) is 11.9 Å². The molecule has 0 aliphatic carbocycles. The Bertz CT molecular complexity index is 1440. The minimum absolute atomic E-state index is 0.0295. The monoisotopic (exact) mass is 476 g/mol. The van der Waals surface area contributed by atoms with Crippen LogP contribution < -0.4 is 10.6 Å². The summed E-state index contributed by atoms with van der Waals surface area (Å²) in [6.07, 6.45) is 5.03. The Morgan fingerprint density at radius 2 is 1.78 bits per heavy atom. The zero-order valence-electron chi connectivity index (χ0n) is 20.2. The van der Waals surface area contributed by atoms with Crippen LogP contribution >= 0.6 is 0 Å². The lowest BCUT2D eigenvalue weighted by atomic mass is 10.1.